The quantitative estimate of drug-likeness (QED) is 0.202. The van der Waals surface area contributed by atoms with Gasteiger partial charge in [-0.05, 0) is 71.9 Å². The molecule has 2 bridgehead atoms. The fraction of sp³-hybridized carbons (Fsp3) is 0.667. The van der Waals surface area contributed by atoms with Gasteiger partial charge in [-0.3, -0.25) is 19.2 Å². The molecule has 3 N–H and O–H groups in total. The minimum absolute atomic E-state index is 0.0743. The molecule has 13 nitrogen and oxygen atoms in total. The molecule has 13 heteroatoms. The average Bonchev–Trinajstić information content (AvgIpc) is 3.05. The Kier molecular flexibility index (Phi) is 9.91. The van der Waals surface area contributed by atoms with Crippen molar-refractivity contribution in [3.05, 3.63) is 47.0 Å². The molecule has 1 aromatic carbocycles. The van der Waals surface area contributed by atoms with E-state index >= 15 is 4.79 Å². The lowest BCUT2D eigenvalue weighted by molar-refractivity contribution is -0.346. The van der Waals surface area contributed by atoms with Gasteiger partial charge < -0.3 is 39.2 Å². The molecular weight excluding hydrogens is 674 g/mol. The van der Waals surface area contributed by atoms with Crippen molar-refractivity contribution in [2.45, 2.75) is 129 Å². The van der Waals surface area contributed by atoms with E-state index in [0.717, 1.165) is 0 Å². The Bertz CT molecular complexity index is 1680. The molecule has 0 aromatic heterocycles. The zero-order valence-corrected chi connectivity index (χ0v) is 31.9. The number of ketones is 1. The first kappa shape index (κ1) is 39.6. The highest BCUT2D eigenvalue weighted by molar-refractivity contribution is 5.94. The summed E-state index contributed by atoms with van der Waals surface area (Å²) in [5, 5.41) is 28.9. The summed E-state index contributed by atoms with van der Waals surface area (Å²) in [6.45, 7) is 15.6. The van der Waals surface area contributed by atoms with Gasteiger partial charge in [0.1, 0.15) is 36.1 Å². The second-order valence-electron chi connectivity index (χ2n) is 16.6. The predicted molar refractivity (Wildman–Crippen MR) is 186 cm³/mol. The molecular formula is C39H53NO12. The predicted octanol–water partition coefficient (Wildman–Crippen LogP) is 3.23. The second kappa shape index (κ2) is 13.0. The van der Waals surface area contributed by atoms with Crippen molar-refractivity contribution in [2.75, 3.05) is 13.7 Å². The number of aliphatic hydroxyl groups excluding tert-OH is 1. The summed E-state index contributed by atoms with van der Waals surface area (Å²) in [4.78, 5) is 68.8. The van der Waals surface area contributed by atoms with Crippen molar-refractivity contribution in [1.29, 1.82) is 0 Å². The number of hydrogen-bond acceptors (Lipinski definition) is 13. The van der Waals surface area contributed by atoms with Gasteiger partial charge in [0.15, 0.2) is 11.4 Å². The van der Waals surface area contributed by atoms with E-state index in [1.165, 1.54) is 32.9 Å². The molecule has 286 valence electrons. The van der Waals surface area contributed by atoms with Crippen molar-refractivity contribution in [3.63, 3.8) is 0 Å². The van der Waals surface area contributed by atoms with Gasteiger partial charge in [0, 0.05) is 37.6 Å². The standard InChI is InChI=1S/C39H53NO12/c1-20-24(50-33(46)35(6,7)36(8,9)40-11)18-39(47)31(51-32(45)23-15-13-12-14-16-23)29-37(10,30(44)28(43)27(20)34(39,4)5)25(49-21(2)41)17-26-38(29,19-48-26)52-22(3)42/h12-16,24-26,28-29,31,40,43,47H,17-19H2,1-11H3/t24?,25?,26?,28?,29?,31?,37-,38?,39?/m1/s1. The van der Waals surface area contributed by atoms with Crippen LogP contribution in [0.25, 0.3) is 0 Å². The molecule has 5 rings (SSSR count). The third-order valence-electron chi connectivity index (χ3n) is 13.1. The number of Topliss-reactive ketones (excluding diaryl/α,β-unsaturated/α-hetero) is 1. The van der Waals surface area contributed by atoms with Crippen LogP contribution < -0.4 is 5.32 Å². The van der Waals surface area contributed by atoms with Crippen LogP contribution in [0.1, 0.15) is 92.4 Å². The first-order chi connectivity index (χ1) is 23.9. The summed E-state index contributed by atoms with van der Waals surface area (Å²) in [6, 6.07) is 8.05. The maximum absolute atomic E-state index is 15.2. The van der Waals surface area contributed by atoms with Crippen molar-refractivity contribution in [2.24, 2.45) is 22.2 Å². The molecule has 3 fully saturated rings. The largest absolute Gasteiger partial charge is 0.461 e. The first-order valence-corrected chi connectivity index (χ1v) is 17.7. The minimum Gasteiger partial charge on any atom is -0.461 e. The number of fused-ring (bicyclic) bond motifs is 5. The van der Waals surface area contributed by atoms with E-state index in [1.807, 2.05) is 13.8 Å². The fourth-order valence-corrected chi connectivity index (χ4v) is 8.97. The number of ether oxygens (including phenoxy) is 5. The molecule has 1 aromatic rings. The van der Waals surface area contributed by atoms with Gasteiger partial charge >= 0.3 is 23.9 Å². The number of rotatable bonds is 8. The Morgan fingerprint density at radius 3 is 2.10 bits per heavy atom. The summed E-state index contributed by atoms with van der Waals surface area (Å²) in [5.74, 6) is -5.16. The highest BCUT2D eigenvalue weighted by Gasteiger charge is 2.78. The smallest absolute Gasteiger partial charge is 0.338 e. The van der Waals surface area contributed by atoms with Crippen LogP contribution in [0.5, 0.6) is 0 Å². The highest BCUT2D eigenvalue weighted by Crippen LogP contribution is 2.64. The van der Waals surface area contributed by atoms with Crippen LogP contribution >= 0.6 is 0 Å². The minimum atomic E-state index is -2.21. The molecule has 0 spiro atoms. The van der Waals surface area contributed by atoms with Crippen LogP contribution in [0.2, 0.25) is 0 Å². The highest BCUT2D eigenvalue weighted by atomic mass is 16.6. The molecule has 52 heavy (non-hydrogen) atoms. The second-order valence-corrected chi connectivity index (χ2v) is 16.6. The first-order valence-electron chi connectivity index (χ1n) is 17.7. The molecule has 3 aliphatic carbocycles. The van der Waals surface area contributed by atoms with Crippen molar-refractivity contribution in [1.82, 2.24) is 5.32 Å². The molecule has 2 saturated carbocycles. The van der Waals surface area contributed by atoms with Crippen LogP contribution in [0.4, 0.5) is 0 Å². The normalized spacial score (nSPS) is 35.4. The molecule has 8 unspecified atom stereocenters. The van der Waals surface area contributed by atoms with Gasteiger partial charge in [-0.25, -0.2) is 4.79 Å². The molecule has 1 heterocycles. The topological polar surface area (TPSA) is 184 Å². The maximum atomic E-state index is 15.2. The van der Waals surface area contributed by atoms with E-state index in [-0.39, 0.29) is 30.6 Å². The van der Waals surface area contributed by atoms with Gasteiger partial charge in [-0.1, -0.05) is 32.0 Å². The summed E-state index contributed by atoms with van der Waals surface area (Å²) in [5.41, 5.74) is -8.61. The Morgan fingerprint density at radius 2 is 1.58 bits per heavy atom. The molecule has 1 aliphatic heterocycles. The molecule has 0 radical (unpaired) electrons. The summed E-state index contributed by atoms with van der Waals surface area (Å²) < 4.78 is 30.4. The number of aliphatic hydroxyl groups is 2. The van der Waals surface area contributed by atoms with Crippen LogP contribution in [0.3, 0.4) is 0 Å². The Labute approximate surface area is 304 Å². The number of carbonyl (C=O) groups excluding carboxylic acids is 5. The van der Waals surface area contributed by atoms with E-state index in [9.17, 15) is 29.4 Å². The Hall–Kier alpha value is -3.65. The lowest BCUT2D eigenvalue weighted by Gasteiger charge is -2.67. The number of benzene rings is 1. The van der Waals surface area contributed by atoms with Gasteiger partial charge in [0.25, 0.3) is 0 Å². The van der Waals surface area contributed by atoms with Crippen molar-refractivity contribution in [3.8, 4) is 0 Å². The number of hydrogen-bond donors (Lipinski definition) is 3. The van der Waals surface area contributed by atoms with Gasteiger partial charge in [0.2, 0.25) is 0 Å². The van der Waals surface area contributed by atoms with Crippen molar-refractivity contribution < 1.29 is 57.9 Å². The van der Waals surface area contributed by atoms with Gasteiger partial charge in [-0.15, -0.1) is 0 Å². The molecule has 0 amide bonds. The van der Waals surface area contributed by atoms with Crippen molar-refractivity contribution >= 4 is 29.7 Å². The maximum Gasteiger partial charge on any atom is 0.338 e. The Morgan fingerprint density at radius 1 is 0.962 bits per heavy atom. The van der Waals surface area contributed by atoms with Crippen LogP contribution in [0.15, 0.2) is 41.5 Å². The third-order valence-corrected chi connectivity index (χ3v) is 13.1. The SMILES string of the molecule is CNC(C)(C)C(C)(C)C(=O)OC1CC2(O)C(OC(=O)c3ccccc3)C3C4(OC(C)=O)COC4CC(OC(C)=O)[C@@]3(C)C(=O)C(O)C(=C1C)C2(C)C. The monoisotopic (exact) mass is 727 g/mol. The van der Waals surface area contributed by atoms with Gasteiger partial charge in [0.05, 0.1) is 28.9 Å². The summed E-state index contributed by atoms with van der Waals surface area (Å²) in [7, 11) is 1.72. The zero-order chi connectivity index (χ0) is 39.0. The van der Waals surface area contributed by atoms with Crippen LogP contribution in [-0.2, 0) is 42.9 Å². The lowest BCUT2D eigenvalue weighted by atomic mass is 9.44. The summed E-state index contributed by atoms with van der Waals surface area (Å²) >= 11 is 0. The van der Waals surface area contributed by atoms with E-state index in [1.54, 1.807) is 59.9 Å². The number of carbonyl (C=O) groups is 5. The van der Waals surface area contributed by atoms with E-state index in [0.29, 0.717) is 5.57 Å². The average molecular weight is 728 g/mol. The molecule has 4 aliphatic rings. The Balaban J connectivity index is 1.81. The van der Waals surface area contributed by atoms with Crippen LogP contribution in [0, 0.1) is 22.2 Å². The summed E-state index contributed by atoms with van der Waals surface area (Å²) in [6.07, 6.45) is -7.41. The van der Waals surface area contributed by atoms with E-state index in [2.05, 4.69) is 5.32 Å². The van der Waals surface area contributed by atoms with E-state index < -0.39 is 99.1 Å². The number of esters is 4. The molecule has 9 atom stereocenters. The van der Waals surface area contributed by atoms with Crippen LogP contribution in [-0.4, -0.2) is 101 Å². The molecule has 1 saturated heterocycles. The van der Waals surface area contributed by atoms with Gasteiger partial charge in [-0.2, -0.15) is 0 Å². The lowest BCUT2D eigenvalue weighted by Crippen LogP contribution is -2.82. The fourth-order valence-electron chi connectivity index (χ4n) is 8.97. The third kappa shape index (κ3) is 5.70. The van der Waals surface area contributed by atoms with E-state index in [4.69, 9.17) is 23.7 Å². The number of nitrogens with one attached hydrogen (secondary N) is 1. The zero-order valence-electron chi connectivity index (χ0n) is 31.9.